The summed E-state index contributed by atoms with van der Waals surface area (Å²) < 4.78 is 12.8. The molecule has 2 aliphatic rings. The van der Waals surface area contributed by atoms with Crippen LogP contribution in [0.15, 0.2) is 30.3 Å². The second-order valence-electron chi connectivity index (χ2n) is 7.84. The lowest BCUT2D eigenvalue weighted by Crippen LogP contribution is -2.47. The molecule has 0 bridgehead atoms. The Bertz CT molecular complexity index is 584. The number of amides is 1. The lowest BCUT2D eigenvalue weighted by molar-refractivity contribution is -0.195. The summed E-state index contributed by atoms with van der Waals surface area (Å²) in [6, 6.07) is 10.2. The Balaban J connectivity index is 1.70. The first-order valence-electron chi connectivity index (χ1n) is 9.82. The van der Waals surface area contributed by atoms with Gasteiger partial charge in [-0.05, 0) is 25.3 Å². The van der Waals surface area contributed by atoms with Crippen LogP contribution < -0.4 is 5.32 Å². The first-order valence-corrected chi connectivity index (χ1v) is 9.82. The summed E-state index contributed by atoms with van der Waals surface area (Å²) in [5.74, 6) is -0.327. The van der Waals surface area contributed by atoms with E-state index in [1.807, 2.05) is 18.2 Å². The summed E-state index contributed by atoms with van der Waals surface area (Å²) in [6.45, 7) is 2.79. The van der Waals surface area contributed by atoms with Crippen LogP contribution >= 0.6 is 0 Å². The summed E-state index contributed by atoms with van der Waals surface area (Å²) in [5, 5.41) is 3.56. The summed E-state index contributed by atoms with van der Waals surface area (Å²) in [6.07, 6.45) is 5.76. The third kappa shape index (κ3) is 4.64. The number of nitrogens with one attached hydrogen (secondary N) is 1. The van der Waals surface area contributed by atoms with Crippen molar-refractivity contribution < 1.29 is 14.3 Å². The number of ether oxygens (including phenoxy) is 2. The molecule has 1 saturated carbocycles. The fourth-order valence-electron chi connectivity index (χ4n) is 4.03. The van der Waals surface area contributed by atoms with E-state index in [0.717, 1.165) is 25.7 Å². The van der Waals surface area contributed by atoms with Gasteiger partial charge in [-0.15, -0.1) is 0 Å². The molecule has 3 atom stereocenters. The highest BCUT2D eigenvalue weighted by molar-refractivity contribution is 5.76. The normalized spacial score (nSPS) is 26.0. The molecule has 0 radical (unpaired) electrons. The fraction of sp³-hybridized carbons (Fsp3) is 0.667. The van der Waals surface area contributed by atoms with Crippen molar-refractivity contribution in [1.82, 2.24) is 10.2 Å². The molecule has 26 heavy (non-hydrogen) atoms. The second-order valence-corrected chi connectivity index (χ2v) is 7.84. The largest absolute Gasteiger partial charge is 0.349 e. The smallest absolute Gasteiger partial charge is 0.223 e. The van der Waals surface area contributed by atoms with Crippen molar-refractivity contribution in [3.8, 4) is 0 Å². The minimum absolute atomic E-state index is 0.0173. The van der Waals surface area contributed by atoms with E-state index < -0.39 is 5.79 Å². The topological polar surface area (TPSA) is 50.8 Å². The average molecular weight is 360 g/mol. The summed E-state index contributed by atoms with van der Waals surface area (Å²) >= 11 is 0. The first-order chi connectivity index (χ1) is 12.5. The van der Waals surface area contributed by atoms with Crippen LogP contribution in [-0.4, -0.2) is 48.9 Å². The van der Waals surface area contributed by atoms with Gasteiger partial charge in [0, 0.05) is 45.9 Å². The van der Waals surface area contributed by atoms with Crippen LogP contribution in [-0.2, 0) is 20.8 Å². The highest BCUT2D eigenvalue weighted by Gasteiger charge is 2.49. The van der Waals surface area contributed by atoms with Gasteiger partial charge in [0.1, 0.15) is 6.10 Å². The predicted octanol–water partition coefficient (Wildman–Crippen LogP) is 3.09. The minimum Gasteiger partial charge on any atom is -0.349 e. The van der Waals surface area contributed by atoms with Crippen LogP contribution in [0.25, 0.3) is 0 Å². The van der Waals surface area contributed by atoms with E-state index >= 15 is 0 Å². The average Bonchev–Trinajstić information content (AvgIpc) is 2.95. The predicted molar refractivity (Wildman–Crippen MR) is 102 cm³/mol. The van der Waals surface area contributed by atoms with Crippen molar-refractivity contribution in [3.63, 3.8) is 0 Å². The second kappa shape index (κ2) is 8.51. The molecule has 0 unspecified atom stereocenters. The number of hydrogen-bond donors (Lipinski definition) is 1. The van der Waals surface area contributed by atoms with Crippen LogP contribution in [0, 0.1) is 0 Å². The molecular formula is C21H32N2O3. The van der Waals surface area contributed by atoms with Crippen LogP contribution in [0.4, 0.5) is 0 Å². The zero-order valence-electron chi connectivity index (χ0n) is 16.2. The van der Waals surface area contributed by atoms with Gasteiger partial charge in [-0.25, -0.2) is 0 Å². The SMILES string of the molecule is C[C@@H]1OC2(CCCCC2)O[C@H]1[C@H](CC(=O)N(C)C)NCc1ccccc1. The maximum atomic E-state index is 12.4. The van der Waals surface area contributed by atoms with Gasteiger partial charge >= 0.3 is 0 Å². The Hall–Kier alpha value is -1.43. The van der Waals surface area contributed by atoms with Gasteiger partial charge in [0.2, 0.25) is 5.91 Å². The Morgan fingerprint density at radius 2 is 1.88 bits per heavy atom. The van der Waals surface area contributed by atoms with Gasteiger partial charge in [0.15, 0.2) is 5.79 Å². The summed E-state index contributed by atoms with van der Waals surface area (Å²) in [5.41, 5.74) is 1.20. The monoisotopic (exact) mass is 360 g/mol. The molecule has 1 amide bonds. The van der Waals surface area contributed by atoms with E-state index in [4.69, 9.17) is 9.47 Å². The fourth-order valence-corrected chi connectivity index (χ4v) is 4.03. The highest BCUT2D eigenvalue weighted by atomic mass is 16.8. The molecule has 1 saturated heterocycles. The Kier molecular flexibility index (Phi) is 6.33. The Labute approximate surface area is 157 Å². The van der Waals surface area contributed by atoms with E-state index in [1.54, 1.807) is 19.0 Å². The third-order valence-electron chi connectivity index (χ3n) is 5.53. The van der Waals surface area contributed by atoms with E-state index in [0.29, 0.717) is 13.0 Å². The lowest BCUT2D eigenvalue weighted by atomic mass is 9.94. The van der Waals surface area contributed by atoms with Gasteiger partial charge in [0.05, 0.1) is 6.10 Å². The molecular weight excluding hydrogens is 328 g/mol. The number of nitrogens with zero attached hydrogens (tertiary/aromatic N) is 1. The molecule has 1 heterocycles. The molecule has 1 aliphatic carbocycles. The van der Waals surface area contributed by atoms with Crippen LogP contribution in [0.5, 0.6) is 0 Å². The molecule has 1 aromatic rings. The lowest BCUT2D eigenvalue weighted by Gasteiger charge is -2.33. The zero-order valence-corrected chi connectivity index (χ0v) is 16.2. The molecule has 0 aromatic heterocycles. The van der Waals surface area contributed by atoms with Crippen LogP contribution in [0.3, 0.4) is 0 Å². The van der Waals surface area contributed by atoms with Gasteiger partial charge in [-0.3, -0.25) is 4.79 Å². The van der Waals surface area contributed by atoms with Gasteiger partial charge in [-0.1, -0.05) is 36.8 Å². The zero-order chi connectivity index (χ0) is 18.6. The number of hydrogen-bond acceptors (Lipinski definition) is 4. The van der Waals surface area contributed by atoms with Crippen molar-refractivity contribution in [2.45, 2.75) is 76.0 Å². The van der Waals surface area contributed by atoms with E-state index in [2.05, 4.69) is 24.4 Å². The van der Waals surface area contributed by atoms with Gasteiger partial charge in [-0.2, -0.15) is 0 Å². The standard InChI is InChI=1S/C21H32N2O3/c1-16-20(26-21(25-16)12-8-5-9-13-21)18(14-19(24)23(2)3)22-15-17-10-6-4-7-11-17/h4,6-7,10-11,16,18,20,22H,5,8-9,12-15H2,1-3H3/t16-,18-,20+/m0/s1. The van der Waals surface area contributed by atoms with E-state index in [1.165, 1.54) is 12.0 Å². The first kappa shape index (κ1) is 19.3. The molecule has 5 heteroatoms. The molecule has 2 fully saturated rings. The third-order valence-corrected chi connectivity index (χ3v) is 5.53. The van der Waals surface area contributed by atoms with Crippen LogP contribution in [0.2, 0.25) is 0 Å². The molecule has 144 valence electrons. The molecule has 1 aliphatic heterocycles. The van der Waals surface area contributed by atoms with Crippen molar-refractivity contribution in [2.24, 2.45) is 0 Å². The quantitative estimate of drug-likeness (QED) is 0.847. The number of rotatable bonds is 6. The highest BCUT2D eigenvalue weighted by Crippen LogP contribution is 2.41. The maximum absolute atomic E-state index is 12.4. The van der Waals surface area contributed by atoms with E-state index in [9.17, 15) is 4.79 Å². The summed E-state index contributed by atoms with van der Waals surface area (Å²) in [7, 11) is 3.60. The number of carbonyl (C=O) groups excluding carboxylic acids is 1. The Morgan fingerprint density at radius 1 is 1.19 bits per heavy atom. The summed E-state index contributed by atoms with van der Waals surface area (Å²) in [4.78, 5) is 14.0. The minimum atomic E-state index is -0.434. The molecule has 1 N–H and O–H groups in total. The van der Waals surface area contributed by atoms with Crippen molar-refractivity contribution in [2.75, 3.05) is 14.1 Å². The van der Waals surface area contributed by atoms with E-state index in [-0.39, 0.29) is 24.2 Å². The van der Waals surface area contributed by atoms with Crippen molar-refractivity contribution in [1.29, 1.82) is 0 Å². The number of benzene rings is 1. The molecule has 3 rings (SSSR count). The Morgan fingerprint density at radius 3 is 2.54 bits per heavy atom. The van der Waals surface area contributed by atoms with Crippen molar-refractivity contribution >= 4 is 5.91 Å². The van der Waals surface area contributed by atoms with Crippen molar-refractivity contribution in [3.05, 3.63) is 35.9 Å². The molecule has 5 nitrogen and oxygen atoms in total. The van der Waals surface area contributed by atoms with Gasteiger partial charge < -0.3 is 19.7 Å². The molecule has 1 aromatic carbocycles. The molecule has 1 spiro atoms. The van der Waals surface area contributed by atoms with Gasteiger partial charge in [0.25, 0.3) is 0 Å². The number of carbonyl (C=O) groups is 1. The maximum Gasteiger partial charge on any atom is 0.223 e. The van der Waals surface area contributed by atoms with Crippen LogP contribution in [0.1, 0.15) is 51.0 Å².